The van der Waals surface area contributed by atoms with Crippen LogP contribution in [0.3, 0.4) is 0 Å². The smallest absolute Gasteiger partial charge is 0.310 e. The zero-order valence-corrected chi connectivity index (χ0v) is 45.0. The minimum atomic E-state index is -4.19. The number of rotatable bonds is 9. The largest absolute Gasteiger partial charge is 0.439 e. The van der Waals surface area contributed by atoms with E-state index in [1.165, 1.54) is 0 Å². The fraction of sp³-hybridized carbons (Fsp3) is 0.0625. The van der Waals surface area contributed by atoms with Crippen molar-refractivity contribution in [1.29, 1.82) is 0 Å². The summed E-state index contributed by atoms with van der Waals surface area (Å²) in [4.78, 5) is 0. The van der Waals surface area contributed by atoms with E-state index in [1.807, 2.05) is 158 Å². The number of para-hydroxylation sites is 3. The van der Waals surface area contributed by atoms with Crippen molar-refractivity contribution in [2.45, 2.75) is 24.0 Å². The topological polar surface area (TPSA) is 146 Å². The Kier molecular flexibility index (Phi) is 11.5. The van der Waals surface area contributed by atoms with Gasteiger partial charge in [-0.2, -0.15) is 0 Å². The van der Waals surface area contributed by atoms with Gasteiger partial charge >= 0.3 is 14.7 Å². The van der Waals surface area contributed by atoms with Gasteiger partial charge in [0.15, 0.2) is 11.7 Å². The van der Waals surface area contributed by atoms with Crippen molar-refractivity contribution in [3.63, 3.8) is 0 Å². The van der Waals surface area contributed by atoms with E-state index in [9.17, 15) is 19.3 Å². The second-order valence-corrected chi connectivity index (χ2v) is 29.3. The van der Waals surface area contributed by atoms with Gasteiger partial charge < -0.3 is 28.3 Å². The molecule has 4 heterocycles. The third-order valence-electron chi connectivity index (χ3n) is 15.2. The van der Waals surface area contributed by atoms with Crippen LogP contribution in [0.5, 0.6) is 23.0 Å². The first-order valence-corrected chi connectivity index (χ1v) is 32.5. The maximum Gasteiger partial charge on any atom is 0.310 e. The first-order valence-electron chi connectivity index (χ1n) is 25.5. The van der Waals surface area contributed by atoms with Crippen LogP contribution in [0.2, 0.25) is 0 Å². The van der Waals surface area contributed by atoms with Gasteiger partial charge in [0.05, 0.1) is 33.5 Å². The molecule has 14 rings (SSSR count). The molecule has 10 nitrogen and oxygen atoms in total. The van der Waals surface area contributed by atoms with Crippen molar-refractivity contribution in [3.8, 4) is 78.6 Å². The fourth-order valence-corrected chi connectivity index (χ4v) is 20.8. The highest BCUT2D eigenvalue weighted by Gasteiger charge is 2.46. The van der Waals surface area contributed by atoms with E-state index in [-0.39, 0.29) is 17.9 Å². The maximum absolute atomic E-state index is 15.6. The molecule has 0 radical (unpaired) electrons. The number of hydrogen-bond acceptors (Lipinski definition) is 10. The average Bonchev–Trinajstić information content (AvgIpc) is 3.68. The van der Waals surface area contributed by atoms with Crippen molar-refractivity contribution in [2.24, 2.45) is 0 Å². The minimum Gasteiger partial charge on any atom is -0.439 e. The summed E-state index contributed by atoms with van der Waals surface area (Å²) in [5.74, 6) is -1.37. The molecule has 0 aliphatic carbocycles. The molecule has 0 fully saturated rings. The van der Waals surface area contributed by atoms with Crippen molar-refractivity contribution < 1.29 is 46.6 Å². The van der Waals surface area contributed by atoms with E-state index in [0.717, 1.165) is 55.6 Å². The quantitative estimate of drug-likeness (QED) is 0.134. The van der Waals surface area contributed by atoms with Gasteiger partial charge in [-0.05, 0) is 105 Å². The minimum absolute atomic E-state index is 0.124. The van der Waals surface area contributed by atoms with Crippen LogP contribution < -0.4 is 39.3 Å². The summed E-state index contributed by atoms with van der Waals surface area (Å²) < 4.78 is 85.8. The third-order valence-corrected chi connectivity index (χ3v) is 24.9. The summed E-state index contributed by atoms with van der Waals surface area (Å²) in [5, 5.41) is 26.1. The van der Waals surface area contributed by atoms with Crippen molar-refractivity contribution in [3.05, 3.63) is 253 Å². The summed E-state index contributed by atoms with van der Waals surface area (Å²) in [6.07, 6.45) is 0.320. The molecule has 4 aliphatic heterocycles. The lowest BCUT2D eigenvalue weighted by molar-refractivity contribution is 0.236. The highest BCUT2D eigenvalue weighted by molar-refractivity contribution is 7.68. The Morgan fingerprint density at radius 3 is 1.23 bits per heavy atom. The first kappa shape index (κ1) is 48.6. The predicted molar refractivity (Wildman–Crippen MR) is 308 cm³/mol. The number of aliphatic hydroxyl groups is 2. The molecule has 0 saturated carbocycles. The van der Waals surface area contributed by atoms with Gasteiger partial charge in [0, 0.05) is 27.8 Å². The van der Waals surface area contributed by atoms with E-state index in [1.54, 1.807) is 72.8 Å². The van der Waals surface area contributed by atoms with E-state index in [4.69, 9.17) is 18.1 Å². The van der Waals surface area contributed by atoms with Gasteiger partial charge in [-0.3, -0.25) is 18.3 Å². The van der Waals surface area contributed by atoms with E-state index >= 15 is 9.13 Å². The average molecular weight is 1100 g/mol. The monoisotopic (exact) mass is 1100 g/mol. The Hall–Kier alpha value is -7.76. The molecule has 0 amide bonds. The van der Waals surface area contributed by atoms with Crippen molar-refractivity contribution in [2.75, 3.05) is 0 Å². The molecule has 2 N–H and O–H groups in total. The third kappa shape index (κ3) is 7.77. The molecule has 6 atom stereocenters. The van der Waals surface area contributed by atoms with Gasteiger partial charge in [-0.1, -0.05) is 176 Å². The Balaban J connectivity index is 0.753. The standard InChI is InChI=1S/C64H46O10P4/c65-63(77(69)60-26-12-6-17-50(60)48-15-2-8-22-55(48)73-77)43-32-34-44(35-33-43)64(66)78(70)61-27-13-20-46(62(61)52-19-3-9-23-56(52)74-78)45-36-37-57-53(38-45)51-18-5-11-25-59(51)76(68,72-57)40-42-30-28-41(29-31-42)39-75(67)58-24-10-4-16-49(58)47-14-1-7-21-54(47)71-75/h1-38,63-66H,39-40H2. The van der Waals surface area contributed by atoms with Gasteiger partial charge in [0.1, 0.15) is 23.0 Å². The van der Waals surface area contributed by atoms with Crippen LogP contribution in [0.1, 0.15) is 33.9 Å². The molecule has 78 heavy (non-hydrogen) atoms. The fourth-order valence-electron chi connectivity index (χ4n) is 11.4. The Bertz CT molecular complexity index is 4310. The lowest BCUT2D eigenvalue weighted by Crippen LogP contribution is -2.23. The normalized spacial score (nSPS) is 21.5. The molecule has 0 saturated heterocycles. The van der Waals surface area contributed by atoms with Crippen LogP contribution in [0, 0.1) is 0 Å². The number of fused-ring (bicyclic) bond motifs is 12. The SMILES string of the molecule is O=P1(Cc2ccc(CP3(=O)Oc4ccc(-c5cccc6c5-c5ccccc5OP6(=O)C(O)c5ccc(C(O)P6(=O)Oc7ccccc7-c7ccccc76)cc5)cc4-c4ccccc43)cc2)Oc2ccccc2-c2ccccc21. The zero-order valence-electron chi connectivity index (χ0n) is 41.5. The van der Waals surface area contributed by atoms with E-state index < -0.39 is 41.2 Å². The summed E-state index contributed by atoms with van der Waals surface area (Å²) in [6.45, 7) is 0. The molecule has 0 spiro atoms. The predicted octanol–water partition coefficient (Wildman–Crippen LogP) is 15.0. The molecule has 10 aromatic rings. The first-order chi connectivity index (χ1) is 37.9. The molecule has 14 heteroatoms. The van der Waals surface area contributed by atoms with Crippen LogP contribution in [-0.4, -0.2) is 10.2 Å². The highest BCUT2D eigenvalue weighted by atomic mass is 31.2. The van der Waals surface area contributed by atoms with Crippen LogP contribution in [0.25, 0.3) is 55.6 Å². The molecule has 10 aromatic carbocycles. The Morgan fingerprint density at radius 2 is 0.692 bits per heavy atom. The van der Waals surface area contributed by atoms with Crippen LogP contribution in [0.4, 0.5) is 0 Å². The number of hydrogen-bond donors (Lipinski definition) is 2. The summed E-state index contributed by atoms with van der Waals surface area (Å²) in [7, 11) is -15.0. The molecule has 382 valence electrons. The second-order valence-electron chi connectivity index (χ2n) is 19.9. The maximum atomic E-state index is 15.6. The van der Waals surface area contributed by atoms with Gasteiger partial charge in [-0.25, -0.2) is 0 Å². The number of benzene rings is 10. The van der Waals surface area contributed by atoms with Crippen LogP contribution >= 0.6 is 29.5 Å². The van der Waals surface area contributed by atoms with Gasteiger partial charge in [0.25, 0.3) is 14.7 Å². The van der Waals surface area contributed by atoms with Gasteiger partial charge in [0.2, 0.25) is 0 Å². The summed E-state index contributed by atoms with van der Waals surface area (Å²) in [6, 6.07) is 69.8. The van der Waals surface area contributed by atoms with E-state index in [2.05, 4.69) is 0 Å². The number of aliphatic hydroxyl groups excluding tert-OH is 2. The van der Waals surface area contributed by atoms with E-state index in [0.29, 0.717) is 60.9 Å². The Labute approximate surface area is 450 Å². The molecule has 0 bridgehead atoms. The van der Waals surface area contributed by atoms with Crippen molar-refractivity contribution in [1.82, 2.24) is 0 Å². The van der Waals surface area contributed by atoms with Crippen LogP contribution in [-0.2, 0) is 30.6 Å². The zero-order chi connectivity index (χ0) is 53.0. The molecular formula is C64H46O10P4. The molecular weight excluding hydrogens is 1050 g/mol. The Morgan fingerprint density at radius 1 is 0.321 bits per heavy atom. The molecule has 0 aromatic heterocycles. The lowest BCUT2D eigenvalue weighted by atomic mass is 9.91. The highest BCUT2D eigenvalue weighted by Crippen LogP contribution is 2.66. The van der Waals surface area contributed by atoms with Crippen LogP contribution in [0.15, 0.2) is 231 Å². The van der Waals surface area contributed by atoms with Gasteiger partial charge in [-0.15, -0.1) is 0 Å². The van der Waals surface area contributed by atoms with Crippen molar-refractivity contribution >= 4 is 50.7 Å². The second kappa shape index (κ2) is 18.4. The molecule has 4 aliphatic rings. The summed E-state index contributed by atoms with van der Waals surface area (Å²) in [5.41, 5.74) is 9.85. The lowest BCUT2D eigenvalue weighted by Gasteiger charge is -2.33. The summed E-state index contributed by atoms with van der Waals surface area (Å²) >= 11 is 0. The molecule has 6 unspecified atom stereocenters.